The first-order valence-electron chi connectivity index (χ1n) is 8.68. The number of hydrogen-bond acceptors (Lipinski definition) is 4. The highest BCUT2D eigenvalue weighted by Crippen LogP contribution is 2.21. The zero-order chi connectivity index (χ0) is 19.1. The highest BCUT2D eigenvalue weighted by Gasteiger charge is 2.20. The normalized spacial score (nSPS) is 12.2. The SMILES string of the molecule is CC[C@@H](C)N(CC(=O)Nc1nc(C)c(C)s1)C(=O)/C=C/c1ccccc1. The van der Waals surface area contributed by atoms with Crippen molar-refractivity contribution in [3.63, 3.8) is 0 Å². The van der Waals surface area contributed by atoms with E-state index in [1.807, 2.05) is 58.0 Å². The fourth-order valence-corrected chi connectivity index (χ4v) is 3.17. The van der Waals surface area contributed by atoms with Crippen LogP contribution >= 0.6 is 11.3 Å². The number of amides is 2. The first-order valence-corrected chi connectivity index (χ1v) is 9.50. The van der Waals surface area contributed by atoms with Crippen LogP contribution in [0.1, 0.15) is 36.4 Å². The molecule has 0 aliphatic heterocycles. The van der Waals surface area contributed by atoms with Crippen LogP contribution in [0.2, 0.25) is 0 Å². The second-order valence-corrected chi connectivity index (χ2v) is 7.38. The lowest BCUT2D eigenvalue weighted by Gasteiger charge is -2.26. The number of thiazole rings is 1. The van der Waals surface area contributed by atoms with Crippen LogP contribution < -0.4 is 5.32 Å². The molecule has 0 saturated heterocycles. The van der Waals surface area contributed by atoms with Gasteiger partial charge in [0.1, 0.15) is 6.54 Å². The van der Waals surface area contributed by atoms with Gasteiger partial charge in [-0.15, -0.1) is 11.3 Å². The third-order valence-corrected chi connectivity index (χ3v) is 5.20. The van der Waals surface area contributed by atoms with Crippen molar-refractivity contribution >= 4 is 34.4 Å². The Balaban J connectivity index is 2.05. The predicted octanol–water partition coefficient (Wildman–Crippen LogP) is 4.04. The molecular weight excluding hydrogens is 346 g/mol. The summed E-state index contributed by atoms with van der Waals surface area (Å²) >= 11 is 1.44. The van der Waals surface area contributed by atoms with Crippen molar-refractivity contribution in [1.29, 1.82) is 0 Å². The molecule has 6 heteroatoms. The van der Waals surface area contributed by atoms with Crippen LogP contribution in [0.5, 0.6) is 0 Å². The summed E-state index contributed by atoms with van der Waals surface area (Å²) in [6.07, 6.45) is 4.06. The van der Waals surface area contributed by atoms with Crippen molar-refractivity contribution in [3.8, 4) is 0 Å². The summed E-state index contributed by atoms with van der Waals surface area (Å²) < 4.78 is 0. The second kappa shape index (κ2) is 9.29. The van der Waals surface area contributed by atoms with E-state index in [-0.39, 0.29) is 24.4 Å². The molecule has 0 spiro atoms. The van der Waals surface area contributed by atoms with E-state index in [0.29, 0.717) is 5.13 Å². The van der Waals surface area contributed by atoms with E-state index >= 15 is 0 Å². The van der Waals surface area contributed by atoms with Gasteiger partial charge in [-0.1, -0.05) is 37.3 Å². The van der Waals surface area contributed by atoms with Gasteiger partial charge in [0, 0.05) is 17.0 Å². The van der Waals surface area contributed by atoms with E-state index in [1.54, 1.807) is 11.0 Å². The third-order valence-electron chi connectivity index (χ3n) is 4.21. The van der Waals surface area contributed by atoms with Gasteiger partial charge in [-0.3, -0.25) is 9.59 Å². The minimum atomic E-state index is -0.236. The zero-order valence-electron chi connectivity index (χ0n) is 15.7. The number of rotatable bonds is 7. The molecule has 1 aromatic carbocycles. The molecule has 0 fully saturated rings. The molecule has 2 rings (SSSR count). The summed E-state index contributed by atoms with van der Waals surface area (Å²) in [7, 11) is 0. The molecule has 0 radical (unpaired) electrons. The Morgan fingerprint density at radius 1 is 1.27 bits per heavy atom. The molecule has 1 atom stereocenters. The van der Waals surface area contributed by atoms with E-state index in [9.17, 15) is 9.59 Å². The van der Waals surface area contributed by atoms with Crippen molar-refractivity contribution in [3.05, 3.63) is 52.5 Å². The molecule has 2 amide bonds. The molecule has 1 N–H and O–H groups in total. The van der Waals surface area contributed by atoms with Gasteiger partial charge in [0.15, 0.2) is 5.13 Å². The lowest BCUT2D eigenvalue weighted by Crippen LogP contribution is -2.42. The molecule has 1 heterocycles. The molecule has 0 bridgehead atoms. The summed E-state index contributed by atoms with van der Waals surface area (Å²) in [4.78, 5) is 32.0. The molecule has 0 aliphatic carbocycles. The monoisotopic (exact) mass is 371 g/mol. The van der Waals surface area contributed by atoms with Crippen LogP contribution in [0, 0.1) is 13.8 Å². The minimum Gasteiger partial charge on any atom is -0.327 e. The van der Waals surface area contributed by atoms with E-state index in [2.05, 4.69) is 10.3 Å². The van der Waals surface area contributed by atoms with Crippen molar-refractivity contribution in [2.45, 2.75) is 40.2 Å². The standard InChI is InChI=1S/C20H25N3O2S/c1-5-14(2)23(19(25)12-11-17-9-7-6-8-10-17)13-18(24)22-20-21-15(3)16(4)26-20/h6-12,14H,5,13H2,1-4H3,(H,21,22,24)/b12-11+/t14-/m1/s1. The van der Waals surface area contributed by atoms with Crippen LogP contribution in [0.4, 0.5) is 5.13 Å². The number of nitrogens with one attached hydrogen (secondary N) is 1. The number of hydrogen-bond donors (Lipinski definition) is 1. The summed E-state index contributed by atoms with van der Waals surface area (Å²) in [6.45, 7) is 7.82. The Kier molecular flexibility index (Phi) is 7.09. The van der Waals surface area contributed by atoms with Crippen molar-refractivity contribution in [2.75, 3.05) is 11.9 Å². The lowest BCUT2D eigenvalue weighted by atomic mass is 10.2. The second-order valence-electron chi connectivity index (χ2n) is 6.18. The number of aryl methyl sites for hydroxylation is 2. The van der Waals surface area contributed by atoms with Gasteiger partial charge in [0.2, 0.25) is 11.8 Å². The van der Waals surface area contributed by atoms with E-state index in [0.717, 1.165) is 22.6 Å². The first-order chi connectivity index (χ1) is 12.4. The van der Waals surface area contributed by atoms with Crippen LogP contribution in [-0.4, -0.2) is 34.3 Å². The van der Waals surface area contributed by atoms with Gasteiger partial charge in [-0.2, -0.15) is 0 Å². The van der Waals surface area contributed by atoms with Crippen LogP contribution in [-0.2, 0) is 9.59 Å². The molecular formula is C20H25N3O2S. The Morgan fingerprint density at radius 2 is 1.96 bits per heavy atom. The molecule has 26 heavy (non-hydrogen) atoms. The minimum absolute atomic E-state index is 0.00461. The van der Waals surface area contributed by atoms with E-state index in [4.69, 9.17) is 0 Å². The fourth-order valence-electron chi connectivity index (χ4n) is 2.34. The number of benzene rings is 1. The maximum absolute atomic E-state index is 12.6. The fraction of sp³-hybridized carbons (Fsp3) is 0.350. The van der Waals surface area contributed by atoms with Gasteiger partial charge in [-0.05, 0) is 38.8 Å². The Bertz CT molecular complexity index is 764. The smallest absolute Gasteiger partial charge is 0.247 e. The Morgan fingerprint density at radius 3 is 2.54 bits per heavy atom. The molecule has 0 aliphatic rings. The van der Waals surface area contributed by atoms with Gasteiger partial charge in [0.05, 0.1) is 5.69 Å². The van der Waals surface area contributed by atoms with Gasteiger partial charge in [-0.25, -0.2) is 4.98 Å². The highest BCUT2D eigenvalue weighted by atomic mass is 32.1. The molecule has 138 valence electrons. The number of carbonyl (C=O) groups is 2. The maximum atomic E-state index is 12.6. The van der Waals surface area contributed by atoms with Crippen LogP contribution in [0.3, 0.4) is 0 Å². The van der Waals surface area contributed by atoms with Crippen LogP contribution in [0.15, 0.2) is 36.4 Å². The van der Waals surface area contributed by atoms with Gasteiger partial charge in [0.25, 0.3) is 0 Å². The molecule has 0 saturated carbocycles. The highest BCUT2D eigenvalue weighted by molar-refractivity contribution is 7.15. The topological polar surface area (TPSA) is 62.3 Å². The Labute approximate surface area is 158 Å². The summed E-state index contributed by atoms with van der Waals surface area (Å²) in [5, 5.41) is 3.36. The third kappa shape index (κ3) is 5.52. The average Bonchev–Trinajstić information content (AvgIpc) is 2.95. The van der Waals surface area contributed by atoms with Crippen molar-refractivity contribution in [2.24, 2.45) is 0 Å². The molecule has 0 unspecified atom stereocenters. The number of aromatic nitrogens is 1. The quantitative estimate of drug-likeness (QED) is 0.747. The average molecular weight is 372 g/mol. The van der Waals surface area contributed by atoms with Crippen molar-refractivity contribution in [1.82, 2.24) is 9.88 Å². The maximum Gasteiger partial charge on any atom is 0.247 e. The largest absolute Gasteiger partial charge is 0.327 e. The van der Waals surface area contributed by atoms with Crippen molar-refractivity contribution < 1.29 is 9.59 Å². The Hall–Kier alpha value is -2.47. The predicted molar refractivity (Wildman–Crippen MR) is 107 cm³/mol. The summed E-state index contributed by atoms with van der Waals surface area (Å²) in [5.41, 5.74) is 1.86. The molecule has 5 nitrogen and oxygen atoms in total. The molecule has 2 aromatic rings. The number of nitrogens with zero attached hydrogens (tertiary/aromatic N) is 2. The van der Waals surface area contributed by atoms with Gasteiger partial charge >= 0.3 is 0 Å². The zero-order valence-corrected chi connectivity index (χ0v) is 16.5. The van der Waals surface area contributed by atoms with E-state index in [1.165, 1.54) is 17.4 Å². The lowest BCUT2D eigenvalue weighted by molar-refractivity contribution is -0.132. The van der Waals surface area contributed by atoms with Crippen LogP contribution in [0.25, 0.3) is 6.08 Å². The summed E-state index contributed by atoms with van der Waals surface area (Å²) in [5.74, 6) is -0.412. The number of anilines is 1. The molecule has 1 aromatic heterocycles. The summed E-state index contributed by atoms with van der Waals surface area (Å²) in [6, 6.07) is 9.59. The van der Waals surface area contributed by atoms with E-state index < -0.39 is 0 Å². The van der Waals surface area contributed by atoms with Gasteiger partial charge < -0.3 is 10.2 Å². The first kappa shape index (κ1) is 19.8. The number of carbonyl (C=O) groups excluding carboxylic acids is 2.